The molecule has 0 unspecified atom stereocenters. The number of rotatable bonds is 5. The van der Waals surface area contributed by atoms with Crippen molar-refractivity contribution in [2.24, 2.45) is 0 Å². The highest BCUT2D eigenvalue weighted by Crippen LogP contribution is 2.21. The second-order valence-electron chi connectivity index (χ2n) is 5.98. The molecule has 4 heteroatoms. The van der Waals surface area contributed by atoms with E-state index >= 15 is 0 Å². The van der Waals surface area contributed by atoms with Crippen molar-refractivity contribution in [3.8, 4) is 0 Å². The molecule has 0 aromatic rings. The van der Waals surface area contributed by atoms with Crippen molar-refractivity contribution in [3.63, 3.8) is 0 Å². The van der Waals surface area contributed by atoms with Crippen LogP contribution in [0.2, 0.25) is 0 Å². The van der Waals surface area contributed by atoms with E-state index in [1.807, 2.05) is 7.05 Å². The highest BCUT2D eigenvalue weighted by atomic mass is 16.5. The van der Waals surface area contributed by atoms with Crippen LogP contribution in [0.4, 0.5) is 0 Å². The summed E-state index contributed by atoms with van der Waals surface area (Å²) >= 11 is 0. The van der Waals surface area contributed by atoms with Gasteiger partial charge in [0.2, 0.25) is 5.91 Å². The fraction of sp³-hybridized carbons (Fsp3) is 0.933. The smallest absolute Gasteiger partial charge is 0.246 e. The highest BCUT2D eigenvalue weighted by Gasteiger charge is 2.22. The summed E-state index contributed by atoms with van der Waals surface area (Å²) in [6.45, 7) is 0.241. The minimum Gasteiger partial charge on any atom is -0.368 e. The fourth-order valence-corrected chi connectivity index (χ4v) is 3.23. The van der Waals surface area contributed by atoms with E-state index in [0.717, 1.165) is 38.5 Å². The van der Waals surface area contributed by atoms with Crippen LogP contribution in [0.5, 0.6) is 0 Å². The lowest BCUT2D eigenvalue weighted by atomic mass is 9.93. The molecule has 19 heavy (non-hydrogen) atoms. The SMILES string of the molecule is CNC1CCC(OCC(=O)NC2CCCCC2)CC1. The zero-order valence-electron chi connectivity index (χ0n) is 12.1. The number of hydrogen-bond donors (Lipinski definition) is 2. The van der Waals surface area contributed by atoms with E-state index in [9.17, 15) is 4.79 Å². The van der Waals surface area contributed by atoms with Gasteiger partial charge in [0.15, 0.2) is 0 Å². The molecule has 0 spiro atoms. The molecule has 110 valence electrons. The number of nitrogens with one attached hydrogen (secondary N) is 2. The largest absolute Gasteiger partial charge is 0.368 e. The van der Waals surface area contributed by atoms with Crippen LogP contribution in [0.15, 0.2) is 0 Å². The molecule has 2 aliphatic carbocycles. The molecule has 0 heterocycles. The van der Waals surface area contributed by atoms with Gasteiger partial charge in [-0.1, -0.05) is 19.3 Å². The van der Waals surface area contributed by atoms with Gasteiger partial charge in [0.25, 0.3) is 0 Å². The van der Waals surface area contributed by atoms with Gasteiger partial charge in [-0.15, -0.1) is 0 Å². The Kier molecular flexibility index (Phi) is 6.11. The Labute approximate surface area is 116 Å². The van der Waals surface area contributed by atoms with Crippen LogP contribution in [0, 0.1) is 0 Å². The van der Waals surface area contributed by atoms with Crippen LogP contribution in [-0.4, -0.2) is 37.7 Å². The van der Waals surface area contributed by atoms with Crippen molar-refractivity contribution < 1.29 is 9.53 Å². The second kappa shape index (κ2) is 7.85. The van der Waals surface area contributed by atoms with Gasteiger partial charge in [0, 0.05) is 12.1 Å². The molecule has 2 rings (SSSR count). The molecule has 0 aromatic carbocycles. The van der Waals surface area contributed by atoms with Crippen molar-refractivity contribution >= 4 is 5.91 Å². The van der Waals surface area contributed by atoms with E-state index in [1.165, 1.54) is 19.3 Å². The Hall–Kier alpha value is -0.610. The number of ether oxygens (including phenoxy) is 1. The van der Waals surface area contributed by atoms with Crippen LogP contribution in [-0.2, 0) is 9.53 Å². The molecule has 0 aliphatic heterocycles. The third-order valence-corrected chi connectivity index (χ3v) is 4.50. The average molecular weight is 268 g/mol. The molecular weight excluding hydrogens is 240 g/mol. The first-order chi connectivity index (χ1) is 9.28. The molecule has 1 amide bonds. The minimum absolute atomic E-state index is 0.0719. The molecule has 4 nitrogen and oxygen atoms in total. The Bertz CT molecular complexity index is 269. The Morgan fingerprint density at radius 2 is 1.68 bits per heavy atom. The quantitative estimate of drug-likeness (QED) is 0.801. The summed E-state index contributed by atoms with van der Waals surface area (Å²) in [7, 11) is 2.02. The first-order valence-electron chi connectivity index (χ1n) is 7.86. The molecule has 0 aromatic heterocycles. The summed E-state index contributed by atoms with van der Waals surface area (Å²) in [5.74, 6) is 0.0719. The van der Waals surface area contributed by atoms with Gasteiger partial charge >= 0.3 is 0 Å². The maximum Gasteiger partial charge on any atom is 0.246 e. The van der Waals surface area contributed by atoms with Crippen LogP contribution in [0.3, 0.4) is 0 Å². The van der Waals surface area contributed by atoms with Gasteiger partial charge in [-0.3, -0.25) is 4.79 Å². The molecule has 2 N–H and O–H groups in total. The van der Waals surface area contributed by atoms with Crippen molar-refractivity contribution in [1.82, 2.24) is 10.6 Å². The zero-order chi connectivity index (χ0) is 13.5. The van der Waals surface area contributed by atoms with E-state index in [1.54, 1.807) is 0 Å². The monoisotopic (exact) mass is 268 g/mol. The van der Waals surface area contributed by atoms with Gasteiger partial charge in [0.1, 0.15) is 6.61 Å². The van der Waals surface area contributed by atoms with E-state index in [-0.39, 0.29) is 18.6 Å². The number of hydrogen-bond acceptors (Lipinski definition) is 3. The lowest BCUT2D eigenvalue weighted by Gasteiger charge is -2.28. The van der Waals surface area contributed by atoms with E-state index in [0.29, 0.717) is 12.1 Å². The van der Waals surface area contributed by atoms with Gasteiger partial charge in [-0.2, -0.15) is 0 Å². The number of amides is 1. The van der Waals surface area contributed by atoms with E-state index < -0.39 is 0 Å². The van der Waals surface area contributed by atoms with Crippen LogP contribution >= 0.6 is 0 Å². The lowest BCUT2D eigenvalue weighted by Crippen LogP contribution is -2.40. The van der Waals surface area contributed by atoms with Gasteiger partial charge in [-0.25, -0.2) is 0 Å². The zero-order valence-corrected chi connectivity index (χ0v) is 12.1. The Morgan fingerprint density at radius 3 is 2.32 bits per heavy atom. The third kappa shape index (κ3) is 5.11. The highest BCUT2D eigenvalue weighted by molar-refractivity contribution is 5.77. The topological polar surface area (TPSA) is 50.4 Å². The van der Waals surface area contributed by atoms with Crippen molar-refractivity contribution in [2.75, 3.05) is 13.7 Å². The summed E-state index contributed by atoms with van der Waals surface area (Å²) < 4.78 is 5.74. The molecule has 0 bridgehead atoms. The summed E-state index contributed by atoms with van der Waals surface area (Å²) in [6.07, 6.45) is 10.8. The maximum absolute atomic E-state index is 11.8. The summed E-state index contributed by atoms with van der Waals surface area (Å²) in [6, 6.07) is 1.03. The summed E-state index contributed by atoms with van der Waals surface area (Å²) in [5.41, 5.74) is 0. The van der Waals surface area contributed by atoms with Crippen LogP contribution in [0.25, 0.3) is 0 Å². The maximum atomic E-state index is 11.8. The van der Waals surface area contributed by atoms with Crippen LogP contribution in [0.1, 0.15) is 57.8 Å². The summed E-state index contributed by atoms with van der Waals surface area (Å²) in [4.78, 5) is 11.8. The fourth-order valence-electron chi connectivity index (χ4n) is 3.23. The molecule has 0 saturated heterocycles. The third-order valence-electron chi connectivity index (χ3n) is 4.50. The van der Waals surface area contributed by atoms with Gasteiger partial charge in [0.05, 0.1) is 6.10 Å². The predicted molar refractivity (Wildman–Crippen MR) is 76.1 cm³/mol. The first-order valence-corrected chi connectivity index (χ1v) is 7.86. The molecule has 2 aliphatic rings. The molecule has 0 atom stereocenters. The number of carbonyl (C=O) groups excluding carboxylic acids is 1. The predicted octanol–water partition coefficient (Wildman–Crippen LogP) is 1.98. The first kappa shape index (κ1) is 14.8. The van der Waals surface area contributed by atoms with Crippen LogP contribution < -0.4 is 10.6 Å². The van der Waals surface area contributed by atoms with Gasteiger partial charge < -0.3 is 15.4 Å². The standard InChI is InChI=1S/C15H28N2O2/c1-16-12-7-9-14(10-8-12)19-11-15(18)17-13-5-3-2-4-6-13/h12-14,16H,2-11H2,1H3,(H,17,18). The van der Waals surface area contributed by atoms with Crippen molar-refractivity contribution in [3.05, 3.63) is 0 Å². The van der Waals surface area contributed by atoms with E-state index in [2.05, 4.69) is 10.6 Å². The average Bonchev–Trinajstić information content (AvgIpc) is 2.47. The van der Waals surface area contributed by atoms with Crippen molar-refractivity contribution in [1.29, 1.82) is 0 Å². The second-order valence-corrected chi connectivity index (χ2v) is 5.98. The summed E-state index contributed by atoms with van der Waals surface area (Å²) in [5, 5.41) is 6.41. The lowest BCUT2D eigenvalue weighted by molar-refractivity contribution is -0.129. The molecule has 2 fully saturated rings. The normalized spacial score (nSPS) is 29.1. The number of carbonyl (C=O) groups is 1. The Morgan fingerprint density at radius 1 is 1.00 bits per heavy atom. The molecule has 0 radical (unpaired) electrons. The minimum atomic E-state index is 0.0719. The van der Waals surface area contributed by atoms with Crippen molar-refractivity contribution in [2.45, 2.75) is 76.0 Å². The Balaban J connectivity index is 1.58. The molecule has 2 saturated carbocycles. The van der Waals surface area contributed by atoms with Gasteiger partial charge in [-0.05, 0) is 45.6 Å². The molecular formula is C15H28N2O2. The van der Waals surface area contributed by atoms with E-state index in [4.69, 9.17) is 4.74 Å².